The highest BCUT2D eigenvalue weighted by Crippen LogP contribution is 2.36. The fourth-order valence-corrected chi connectivity index (χ4v) is 2.52. The van der Waals surface area contributed by atoms with E-state index in [-0.39, 0.29) is 6.10 Å². The zero-order valence-electron chi connectivity index (χ0n) is 9.97. The Labute approximate surface area is 110 Å². The summed E-state index contributed by atoms with van der Waals surface area (Å²) in [6.07, 6.45) is 6.06. The number of halogens is 1. The first-order valence-corrected chi connectivity index (χ1v) is 6.89. The number of aromatic nitrogens is 1. The predicted octanol–water partition coefficient (Wildman–Crippen LogP) is 2.56. The third-order valence-electron chi connectivity index (χ3n) is 3.03. The van der Waals surface area contributed by atoms with Gasteiger partial charge < -0.3 is 9.84 Å². The standard InChI is InChI=1S/C13H18BrNO2/c1-2-17-13(10-3-4-10)12(16)6-9-5-11(14)8-15-7-9/h5,7-8,10,12-13,16H,2-4,6H2,1H3. The quantitative estimate of drug-likeness (QED) is 0.878. The van der Waals surface area contributed by atoms with E-state index < -0.39 is 6.10 Å². The monoisotopic (exact) mass is 299 g/mol. The van der Waals surface area contributed by atoms with Gasteiger partial charge in [-0.1, -0.05) is 0 Å². The summed E-state index contributed by atoms with van der Waals surface area (Å²) in [5.41, 5.74) is 1.04. The van der Waals surface area contributed by atoms with Gasteiger partial charge in [0.1, 0.15) is 0 Å². The van der Waals surface area contributed by atoms with Gasteiger partial charge in [0.15, 0.2) is 0 Å². The Bertz CT molecular complexity index is 368. The van der Waals surface area contributed by atoms with E-state index in [0.29, 0.717) is 18.9 Å². The second kappa shape index (κ2) is 5.94. The fraction of sp³-hybridized carbons (Fsp3) is 0.615. The Morgan fingerprint density at radius 3 is 2.88 bits per heavy atom. The first-order chi connectivity index (χ1) is 8.20. The lowest BCUT2D eigenvalue weighted by Gasteiger charge is -2.22. The van der Waals surface area contributed by atoms with Crippen LogP contribution < -0.4 is 0 Å². The van der Waals surface area contributed by atoms with Crippen LogP contribution in [0.3, 0.4) is 0 Å². The van der Waals surface area contributed by atoms with Crippen LogP contribution in [0.15, 0.2) is 22.9 Å². The summed E-state index contributed by atoms with van der Waals surface area (Å²) >= 11 is 3.39. The van der Waals surface area contributed by atoms with Crippen LogP contribution in [0.1, 0.15) is 25.3 Å². The van der Waals surface area contributed by atoms with Gasteiger partial charge in [0.25, 0.3) is 0 Å². The van der Waals surface area contributed by atoms with Gasteiger partial charge in [-0.25, -0.2) is 0 Å². The van der Waals surface area contributed by atoms with Crippen LogP contribution in [0, 0.1) is 5.92 Å². The van der Waals surface area contributed by atoms with Crippen LogP contribution in [-0.2, 0) is 11.2 Å². The lowest BCUT2D eigenvalue weighted by Crippen LogP contribution is -2.32. The third kappa shape index (κ3) is 3.76. The van der Waals surface area contributed by atoms with Crippen molar-refractivity contribution in [2.75, 3.05) is 6.61 Å². The largest absolute Gasteiger partial charge is 0.390 e. The molecule has 4 heteroatoms. The molecule has 3 nitrogen and oxygen atoms in total. The van der Waals surface area contributed by atoms with Gasteiger partial charge in [-0.2, -0.15) is 0 Å². The van der Waals surface area contributed by atoms with Crippen molar-refractivity contribution < 1.29 is 9.84 Å². The van der Waals surface area contributed by atoms with E-state index in [0.717, 1.165) is 10.0 Å². The SMILES string of the molecule is CCOC(C(O)Cc1cncc(Br)c1)C1CC1. The summed E-state index contributed by atoms with van der Waals surface area (Å²) in [5.74, 6) is 0.546. The zero-order valence-corrected chi connectivity index (χ0v) is 11.6. The molecular formula is C13H18BrNO2. The van der Waals surface area contributed by atoms with E-state index in [1.54, 1.807) is 12.4 Å². The van der Waals surface area contributed by atoms with Crippen molar-refractivity contribution in [1.29, 1.82) is 0 Å². The van der Waals surface area contributed by atoms with Gasteiger partial charge in [0.2, 0.25) is 0 Å². The lowest BCUT2D eigenvalue weighted by molar-refractivity contribution is -0.0439. The maximum absolute atomic E-state index is 10.2. The van der Waals surface area contributed by atoms with Gasteiger partial charge >= 0.3 is 0 Å². The predicted molar refractivity (Wildman–Crippen MR) is 69.8 cm³/mol. The van der Waals surface area contributed by atoms with Gasteiger partial charge in [-0.15, -0.1) is 0 Å². The van der Waals surface area contributed by atoms with Gasteiger partial charge in [0, 0.05) is 29.9 Å². The molecule has 0 amide bonds. The van der Waals surface area contributed by atoms with Gasteiger partial charge in [-0.3, -0.25) is 4.98 Å². The molecule has 0 spiro atoms. The van der Waals surface area contributed by atoms with E-state index >= 15 is 0 Å². The Balaban J connectivity index is 1.96. The molecule has 1 heterocycles. The number of rotatable bonds is 6. The van der Waals surface area contributed by atoms with Gasteiger partial charge in [0.05, 0.1) is 12.2 Å². The molecule has 2 unspecified atom stereocenters. The topological polar surface area (TPSA) is 42.4 Å². The van der Waals surface area contributed by atoms with Crippen molar-refractivity contribution in [1.82, 2.24) is 4.98 Å². The van der Waals surface area contributed by atoms with Crippen LogP contribution in [0.2, 0.25) is 0 Å². The van der Waals surface area contributed by atoms with Crippen LogP contribution in [0.25, 0.3) is 0 Å². The minimum absolute atomic E-state index is 0.0148. The highest BCUT2D eigenvalue weighted by atomic mass is 79.9. The number of pyridine rings is 1. The number of aliphatic hydroxyl groups is 1. The summed E-state index contributed by atoms with van der Waals surface area (Å²) in [6, 6.07) is 1.99. The number of ether oxygens (including phenoxy) is 1. The smallest absolute Gasteiger partial charge is 0.0865 e. The molecular weight excluding hydrogens is 282 g/mol. The van der Waals surface area contributed by atoms with E-state index in [1.807, 2.05) is 13.0 Å². The molecule has 0 bridgehead atoms. The molecule has 1 saturated carbocycles. The van der Waals surface area contributed by atoms with E-state index in [9.17, 15) is 5.11 Å². The maximum atomic E-state index is 10.2. The summed E-state index contributed by atoms with van der Waals surface area (Å²) in [7, 11) is 0. The van der Waals surface area contributed by atoms with E-state index in [1.165, 1.54) is 12.8 Å². The Morgan fingerprint density at radius 1 is 1.53 bits per heavy atom. The van der Waals surface area contributed by atoms with Crippen LogP contribution >= 0.6 is 15.9 Å². The molecule has 94 valence electrons. The minimum atomic E-state index is -0.432. The minimum Gasteiger partial charge on any atom is -0.390 e. The van der Waals surface area contributed by atoms with Crippen LogP contribution in [-0.4, -0.2) is 28.9 Å². The molecule has 1 aromatic rings. The highest BCUT2D eigenvalue weighted by Gasteiger charge is 2.36. The first-order valence-electron chi connectivity index (χ1n) is 6.09. The van der Waals surface area contributed by atoms with E-state index in [4.69, 9.17) is 4.74 Å². The molecule has 2 rings (SSSR count). The molecule has 1 aliphatic carbocycles. The number of hydrogen-bond donors (Lipinski definition) is 1. The molecule has 2 atom stereocenters. The van der Waals surface area contributed by atoms with Crippen molar-refractivity contribution in [3.63, 3.8) is 0 Å². The second-order valence-electron chi connectivity index (χ2n) is 4.54. The van der Waals surface area contributed by atoms with Crippen LogP contribution in [0.4, 0.5) is 0 Å². The zero-order chi connectivity index (χ0) is 12.3. The maximum Gasteiger partial charge on any atom is 0.0865 e. The highest BCUT2D eigenvalue weighted by molar-refractivity contribution is 9.10. The Hall–Kier alpha value is -0.450. The molecule has 0 radical (unpaired) electrons. The average Bonchev–Trinajstić information content (AvgIpc) is 3.09. The Kier molecular flexibility index (Phi) is 4.54. The molecule has 0 aliphatic heterocycles. The van der Waals surface area contributed by atoms with Crippen LogP contribution in [0.5, 0.6) is 0 Å². The lowest BCUT2D eigenvalue weighted by atomic mass is 10.0. The van der Waals surface area contributed by atoms with Crippen molar-refractivity contribution in [3.8, 4) is 0 Å². The number of aliphatic hydroxyl groups excluding tert-OH is 1. The normalized spacial score (nSPS) is 19.0. The molecule has 1 aliphatic rings. The van der Waals surface area contributed by atoms with Gasteiger partial charge in [-0.05, 0) is 53.2 Å². The summed E-state index contributed by atoms with van der Waals surface area (Å²) in [4.78, 5) is 4.10. The summed E-state index contributed by atoms with van der Waals surface area (Å²) < 4.78 is 6.59. The molecule has 1 aromatic heterocycles. The average molecular weight is 300 g/mol. The second-order valence-corrected chi connectivity index (χ2v) is 5.46. The molecule has 1 N–H and O–H groups in total. The Morgan fingerprint density at radius 2 is 2.29 bits per heavy atom. The molecule has 0 saturated heterocycles. The van der Waals surface area contributed by atoms with Crippen molar-refractivity contribution in [2.24, 2.45) is 5.92 Å². The van der Waals surface area contributed by atoms with Crippen molar-refractivity contribution in [3.05, 3.63) is 28.5 Å². The summed E-state index contributed by atoms with van der Waals surface area (Å²) in [5, 5.41) is 10.2. The number of hydrogen-bond acceptors (Lipinski definition) is 3. The van der Waals surface area contributed by atoms with Crippen molar-refractivity contribution in [2.45, 2.75) is 38.4 Å². The molecule has 17 heavy (non-hydrogen) atoms. The molecule has 0 aromatic carbocycles. The fourth-order valence-electron chi connectivity index (χ4n) is 2.10. The first kappa shape index (κ1) is 13.0. The van der Waals surface area contributed by atoms with Crippen molar-refractivity contribution >= 4 is 15.9 Å². The summed E-state index contributed by atoms with van der Waals surface area (Å²) in [6.45, 7) is 2.64. The number of nitrogens with zero attached hydrogens (tertiary/aromatic N) is 1. The van der Waals surface area contributed by atoms with E-state index in [2.05, 4.69) is 20.9 Å². The third-order valence-corrected chi connectivity index (χ3v) is 3.46. The molecule has 1 fully saturated rings.